The van der Waals surface area contributed by atoms with Gasteiger partial charge in [0.05, 0.1) is 18.2 Å². The standard InChI is InChI=1S/C17H17N3O4/c21-16-14(10-4-2-1-3-5-10)15(11-6-7-24-9-11)18-13-8-12(17(22)23)19-20(13)16/h6-10,19H,1-5H2,(H,22,23). The van der Waals surface area contributed by atoms with Crippen molar-refractivity contribution >= 4 is 11.6 Å². The van der Waals surface area contributed by atoms with Crippen molar-refractivity contribution in [2.45, 2.75) is 38.0 Å². The summed E-state index contributed by atoms with van der Waals surface area (Å²) in [5.41, 5.74) is 2.00. The Morgan fingerprint density at radius 3 is 2.79 bits per heavy atom. The van der Waals surface area contributed by atoms with Gasteiger partial charge in [0.1, 0.15) is 5.69 Å². The number of fused-ring (bicyclic) bond motifs is 1. The van der Waals surface area contributed by atoms with E-state index in [1.54, 1.807) is 18.6 Å². The molecule has 0 bridgehead atoms. The monoisotopic (exact) mass is 327 g/mol. The molecule has 1 aliphatic carbocycles. The molecule has 0 aromatic carbocycles. The lowest BCUT2D eigenvalue weighted by atomic mass is 9.83. The molecular weight excluding hydrogens is 310 g/mol. The van der Waals surface area contributed by atoms with Crippen LogP contribution < -0.4 is 5.56 Å². The van der Waals surface area contributed by atoms with Crippen LogP contribution in [0.1, 0.15) is 54.1 Å². The van der Waals surface area contributed by atoms with E-state index < -0.39 is 5.97 Å². The summed E-state index contributed by atoms with van der Waals surface area (Å²) in [4.78, 5) is 28.8. The number of rotatable bonds is 3. The van der Waals surface area contributed by atoms with Gasteiger partial charge in [0.15, 0.2) is 5.65 Å². The fraction of sp³-hybridized carbons (Fsp3) is 0.353. The molecule has 24 heavy (non-hydrogen) atoms. The zero-order valence-corrected chi connectivity index (χ0v) is 13.0. The molecule has 1 aliphatic rings. The summed E-state index contributed by atoms with van der Waals surface area (Å²) in [6.07, 6.45) is 8.35. The average molecular weight is 327 g/mol. The summed E-state index contributed by atoms with van der Waals surface area (Å²) in [6.45, 7) is 0. The zero-order valence-electron chi connectivity index (χ0n) is 13.0. The lowest BCUT2D eigenvalue weighted by Crippen LogP contribution is -2.25. The maximum atomic E-state index is 13.0. The number of furan rings is 1. The number of carboxylic acids is 1. The minimum Gasteiger partial charge on any atom is -0.477 e. The molecule has 0 spiro atoms. The first-order chi connectivity index (χ1) is 11.6. The van der Waals surface area contributed by atoms with E-state index >= 15 is 0 Å². The van der Waals surface area contributed by atoms with Gasteiger partial charge in [0.25, 0.3) is 5.56 Å². The molecule has 7 heteroatoms. The Bertz CT molecular complexity index is 946. The van der Waals surface area contributed by atoms with Gasteiger partial charge in [-0.05, 0) is 24.8 Å². The molecule has 0 unspecified atom stereocenters. The van der Waals surface area contributed by atoms with Crippen LogP contribution in [0.2, 0.25) is 0 Å². The first-order valence-corrected chi connectivity index (χ1v) is 8.06. The van der Waals surface area contributed by atoms with Gasteiger partial charge in [-0.3, -0.25) is 9.89 Å². The quantitative estimate of drug-likeness (QED) is 0.770. The number of hydrogen-bond donors (Lipinski definition) is 2. The first kappa shape index (κ1) is 14.7. The van der Waals surface area contributed by atoms with Gasteiger partial charge in [-0.1, -0.05) is 19.3 Å². The van der Waals surface area contributed by atoms with Crippen LogP contribution in [-0.2, 0) is 0 Å². The maximum Gasteiger partial charge on any atom is 0.353 e. The van der Waals surface area contributed by atoms with Crippen molar-refractivity contribution in [3.63, 3.8) is 0 Å². The van der Waals surface area contributed by atoms with Gasteiger partial charge in [-0.25, -0.2) is 14.3 Å². The number of aromatic carboxylic acids is 1. The molecule has 3 aromatic rings. The van der Waals surface area contributed by atoms with Crippen molar-refractivity contribution in [1.29, 1.82) is 0 Å². The predicted molar refractivity (Wildman–Crippen MR) is 86.3 cm³/mol. The largest absolute Gasteiger partial charge is 0.477 e. The fourth-order valence-electron chi connectivity index (χ4n) is 3.53. The Balaban J connectivity index is 1.99. The number of hydrogen-bond acceptors (Lipinski definition) is 4. The van der Waals surface area contributed by atoms with E-state index in [0.717, 1.165) is 31.2 Å². The smallest absolute Gasteiger partial charge is 0.353 e. The second kappa shape index (κ2) is 5.67. The second-order valence-electron chi connectivity index (χ2n) is 6.19. The zero-order chi connectivity index (χ0) is 16.7. The molecule has 1 saturated carbocycles. The van der Waals surface area contributed by atoms with Crippen LogP contribution in [-0.4, -0.2) is 25.7 Å². The Kier molecular flexibility index (Phi) is 3.48. The van der Waals surface area contributed by atoms with E-state index in [9.17, 15) is 9.59 Å². The molecule has 3 heterocycles. The van der Waals surface area contributed by atoms with Gasteiger partial charge in [0.2, 0.25) is 0 Å². The Morgan fingerprint density at radius 2 is 2.12 bits per heavy atom. The maximum absolute atomic E-state index is 13.0. The topological polar surface area (TPSA) is 101 Å². The van der Waals surface area contributed by atoms with Gasteiger partial charge in [-0.2, -0.15) is 0 Å². The van der Waals surface area contributed by atoms with Crippen molar-refractivity contribution in [1.82, 2.24) is 14.6 Å². The van der Waals surface area contributed by atoms with Crippen LogP contribution in [0.25, 0.3) is 16.9 Å². The summed E-state index contributed by atoms with van der Waals surface area (Å²) in [5, 5.41) is 11.8. The third-order valence-electron chi connectivity index (χ3n) is 4.69. The highest BCUT2D eigenvalue weighted by atomic mass is 16.4. The van der Waals surface area contributed by atoms with Crippen LogP contribution in [0.5, 0.6) is 0 Å². The van der Waals surface area contributed by atoms with Gasteiger partial charge in [0, 0.05) is 17.2 Å². The van der Waals surface area contributed by atoms with Crippen molar-refractivity contribution in [3.8, 4) is 11.3 Å². The molecule has 4 rings (SSSR count). The third-order valence-corrected chi connectivity index (χ3v) is 4.69. The van der Waals surface area contributed by atoms with E-state index in [4.69, 9.17) is 9.52 Å². The highest BCUT2D eigenvalue weighted by Crippen LogP contribution is 2.35. The first-order valence-electron chi connectivity index (χ1n) is 8.06. The number of aromatic nitrogens is 3. The molecule has 0 radical (unpaired) electrons. The summed E-state index contributed by atoms with van der Waals surface area (Å²) in [7, 11) is 0. The normalized spacial score (nSPS) is 15.8. The Labute approximate surface area is 136 Å². The lowest BCUT2D eigenvalue weighted by molar-refractivity contribution is 0.0690. The van der Waals surface area contributed by atoms with Crippen molar-refractivity contribution < 1.29 is 14.3 Å². The molecular formula is C17H17N3O4. The van der Waals surface area contributed by atoms with Crippen LogP contribution in [0, 0.1) is 0 Å². The van der Waals surface area contributed by atoms with E-state index in [0.29, 0.717) is 16.9 Å². The Hall–Kier alpha value is -2.83. The molecule has 124 valence electrons. The number of carbonyl (C=O) groups is 1. The SMILES string of the molecule is O=C(O)c1cc2nc(-c3ccoc3)c(C3CCCCC3)c(=O)n2[nH]1. The Morgan fingerprint density at radius 1 is 1.33 bits per heavy atom. The number of nitrogens with one attached hydrogen (secondary N) is 1. The number of H-pyrrole nitrogens is 1. The molecule has 0 amide bonds. The highest BCUT2D eigenvalue weighted by Gasteiger charge is 2.26. The molecule has 3 aromatic heterocycles. The molecule has 0 aliphatic heterocycles. The van der Waals surface area contributed by atoms with Crippen molar-refractivity contribution in [2.75, 3.05) is 0 Å². The van der Waals surface area contributed by atoms with Crippen LogP contribution >= 0.6 is 0 Å². The summed E-state index contributed by atoms with van der Waals surface area (Å²) in [6, 6.07) is 3.15. The minimum atomic E-state index is -1.12. The number of carboxylic acid groups (broad SMARTS) is 1. The fourth-order valence-corrected chi connectivity index (χ4v) is 3.53. The molecule has 1 fully saturated rings. The lowest BCUT2D eigenvalue weighted by Gasteiger charge is -2.22. The van der Waals surface area contributed by atoms with Crippen LogP contribution in [0.3, 0.4) is 0 Å². The van der Waals surface area contributed by atoms with Crippen LogP contribution in [0.4, 0.5) is 0 Å². The summed E-state index contributed by atoms with van der Waals surface area (Å²) < 4.78 is 6.39. The van der Waals surface area contributed by atoms with Gasteiger partial charge in [-0.15, -0.1) is 0 Å². The molecule has 7 nitrogen and oxygen atoms in total. The second-order valence-corrected chi connectivity index (χ2v) is 6.19. The van der Waals surface area contributed by atoms with E-state index in [-0.39, 0.29) is 17.2 Å². The summed E-state index contributed by atoms with van der Waals surface area (Å²) >= 11 is 0. The summed E-state index contributed by atoms with van der Waals surface area (Å²) in [5.74, 6) is -0.985. The van der Waals surface area contributed by atoms with E-state index in [2.05, 4.69) is 10.1 Å². The van der Waals surface area contributed by atoms with Gasteiger partial charge >= 0.3 is 5.97 Å². The minimum absolute atomic E-state index is 0.0569. The number of aromatic amines is 1. The van der Waals surface area contributed by atoms with Gasteiger partial charge < -0.3 is 9.52 Å². The van der Waals surface area contributed by atoms with E-state index in [1.165, 1.54) is 17.0 Å². The molecule has 2 N–H and O–H groups in total. The van der Waals surface area contributed by atoms with E-state index in [1.807, 2.05) is 0 Å². The van der Waals surface area contributed by atoms with Crippen molar-refractivity contribution in [3.05, 3.63) is 46.3 Å². The third kappa shape index (κ3) is 2.33. The number of nitrogens with zero attached hydrogens (tertiary/aromatic N) is 2. The van der Waals surface area contributed by atoms with Crippen LogP contribution in [0.15, 0.2) is 33.9 Å². The molecule has 0 saturated heterocycles. The molecule has 0 atom stereocenters. The average Bonchev–Trinajstić information content (AvgIpc) is 3.25. The van der Waals surface area contributed by atoms with Crippen molar-refractivity contribution in [2.24, 2.45) is 0 Å². The highest BCUT2D eigenvalue weighted by molar-refractivity contribution is 5.86. The predicted octanol–water partition coefficient (Wildman–Crippen LogP) is 3.03.